The molecular formula is C66H57Cl3SiTi. The second kappa shape index (κ2) is 21.9. The molecule has 0 radical (unpaired) electrons. The molecule has 0 saturated heterocycles. The van der Waals surface area contributed by atoms with E-state index in [4.69, 9.17) is 0 Å². The van der Waals surface area contributed by atoms with E-state index < -0.39 is 11.4 Å². The van der Waals surface area contributed by atoms with Gasteiger partial charge >= 0.3 is 420 Å². The van der Waals surface area contributed by atoms with Crippen LogP contribution in [0.1, 0.15) is 44.4 Å². The molecule has 0 spiro atoms. The third kappa shape index (κ3) is 9.12. The van der Waals surface area contributed by atoms with Crippen LogP contribution >= 0.6 is 0 Å². The summed E-state index contributed by atoms with van der Waals surface area (Å²) in [6.45, 7) is 16.7. The van der Waals surface area contributed by atoms with Crippen molar-refractivity contribution < 1.29 is 57.7 Å². The Bertz CT molecular complexity index is 3040. The Morgan fingerprint density at radius 1 is 0.282 bits per heavy atom. The number of benzene rings is 9. The van der Waals surface area contributed by atoms with Crippen LogP contribution in [0.2, 0.25) is 3.34 Å². The number of hydrogen-bond acceptors (Lipinski definition) is 0. The molecule has 1 aliphatic rings. The smallest absolute Gasteiger partial charge is 1.00 e. The van der Waals surface area contributed by atoms with Gasteiger partial charge in [-0.15, -0.1) is 0 Å². The van der Waals surface area contributed by atoms with E-state index in [0.29, 0.717) is 0 Å². The van der Waals surface area contributed by atoms with E-state index in [-0.39, 0.29) is 37.2 Å². The van der Waals surface area contributed by atoms with E-state index in [1.54, 1.807) is 0 Å². The monoisotopic (exact) mass is 1030 g/mol. The molecule has 0 saturated carbocycles. The normalized spacial score (nSPS) is 13.0. The molecule has 71 heavy (non-hydrogen) atoms. The van der Waals surface area contributed by atoms with E-state index in [2.05, 4.69) is 287 Å². The van der Waals surface area contributed by atoms with Crippen LogP contribution in [-0.4, -0.2) is 8.07 Å². The third-order valence-corrected chi connectivity index (χ3v) is 23.7. The van der Waals surface area contributed by atoms with Crippen molar-refractivity contribution in [3.63, 3.8) is 0 Å². The third-order valence-electron chi connectivity index (χ3n) is 15.2. The van der Waals surface area contributed by atoms with Crippen molar-refractivity contribution in [2.24, 2.45) is 0 Å². The van der Waals surface area contributed by atoms with Crippen LogP contribution in [0.15, 0.2) is 241 Å². The Hall–Kier alpha value is -5.74. The van der Waals surface area contributed by atoms with Crippen molar-refractivity contribution in [1.29, 1.82) is 0 Å². The Kier molecular flexibility index (Phi) is 16.4. The van der Waals surface area contributed by atoms with E-state index in [0.717, 1.165) is 0 Å². The molecule has 0 amide bonds. The van der Waals surface area contributed by atoms with Crippen molar-refractivity contribution in [2.45, 2.75) is 51.8 Å². The summed E-state index contributed by atoms with van der Waals surface area (Å²) >= 11 is 2.64. The van der Waals surface area contributed by atoms with Crippen molar-refractivity contribution in [3.05, 3.63) is 257 Å². The number of halogens is 3. The minimum atomic E-state index is -3.59. The zero-order chi connectivity index (χ0) is 47.2. The number of rotatable bonds is 10. The molecule has 350 valence electrons. The zero-order valence-electron chi connectivity index (χ0n) is 41.4. The minimum Gasteiger partial charge on any atom is -1.00 e. The molecule has 5 heteroatoms. The summed E-state index contributed by atoms with van der Waals surface area (Å²) in [5.41, 5.74) is 24.6. The maximum Gasteiger partial charge on any atom is -1.00 e. The quantitative estimate of drug-likeness (QED) is 0.102. The summed E-state index contributed by atoms with van der Waals surface area (Å²) < 4.78 is -0.431. The van der Waals surface area contributed by atoms with Crippen molar-refractivity contribution in [3.8, 4) is 66.8 Å². The molecular weight excluding hydrogens is 975 g/mol. The van der Waals surface area contributed by atoms with Crippen LogP contribution in [0.5, 0.6) is 0 Å². The van der Waals surface area contributed by atoms with Gasteiger partial charge in [0.1, 0.15) is 0 Å². The summed E-state index contributed by atoms with van der Waals surface area (Å²) in [5, 5.41) is 4.29. The molecule has 0 fully saturated rings. The van der Waals surface area contributed by atoms with Gasteiger partial charge in [0.2, 0.25) is 0 Å². The maximum absolute atomic E-state index is 3.59. The topological polar surface area (TPSA) is 0 Å². The maximum atomic E-state index is 2.65. The van der Waals surface area contributed by atoms with Crippen molar-refractivity contribution in [2.75, 3.05) is 0 Å². The Morgan fingerprint density at radius 3 is 0.690 bits per heavy atom. The largest absolute Gasteiger partial charge is 1.00 e. The van der Waals surface area contributed by atoms with Gasteiger partial charge < -0.3 is 37.2 Å². The SMILES string of the molecule is CC1=C(C)[C]([Ti+3])([Si](c2cc(C)c(-c3ccccc3)cc2-c2ccccc2)(c2cc(C)c(-c3ccccc3)cc2-c2ccccc2)c2cc(C)c(-c3ccccc3)cc2-c2ccccc2)C(C)=C1C.[Cl-].[Cl-].[Cl-]. The predicted octanol–water partition coefficient (Wildman–Crippen LogP) is 7.03. The molecule has 0 unspecified atom stereocenters. The first-order chi connectivity index (χ1) is 33.0. The van der Waals surface area contributed by atoms with E-state index in [1.165, 1.54) is 121 Å². The molecule has 0 N–H and O–H groups in total. The average Bonchev–Trinajstić information content (AvgIpc) is 3.53. The fourth-order valence-corrected chi connectivity index (χ4v) is 20.6. The van der Waals surface area contributed by atoms with Crippen LogP contribution in [-0.2, 0) is 20.4 Å². The van der Waals surface area contributed by atoms with Crippen LogP contribution in [0.3, 0.4) is 0 Å². The first-order valence-electron chi connectivity index (χ1n) is 23.9. The van der Waals surface area contributed by atoms with Crippen LogP contribution in [0, 0.1) is 20.8 Å². The van der Waals surface area contributed by atoms with Gasteiger partial charge in [0.15, 0.2) is 0 Å². The molecule has 0 heterocycles. The summed E-state index contributed by atoms with van der Waals surface area (Å²) in [5.74, 6) is 0. The van der Waals surface area contributed by atoms with Gasteiger partial charge in [-0.3, -0.25) is 0 Å². The van der Waals surface area contributed by atoms with Gasteiger partial charge in [0, 0.05) is 0 Å². The Labute approximate surface area is 453 Å². The molecule has 0 atom stereocenters. The number of hydrogen-bond donors (Lipinski definition) is 0. The number of aryl methyl sites for hydroxylation is 3. The van der Waals surface area contributed by atoms with Crippen LogP contribution < -0.4 is 52.8 Å². The van der Waals surface area contributed by atoms with Crippen LogP contribution in [0.25, 0.3) is 66.8 Å². The summed E-state index contributed by atoms with van der Waals surface area (Å²) in [6.07, 6.45) is 0. The van der Waals surface area contributed by atoms with E-state index in [9.17, 15) is 0 Å². The molecule has 9 aromatic rings. The van der Waals surface area contributed by atoms with Gasteiger partial charge in [0.25, 0.3) is 0 Å². The van der Waals surface area contributed by atoms with Crippen molar-refractivity contribution >= 4 is 23.6 Å². The molecule has 10 rings (SSSR count). The van der Waals surface area contributed by atoms with Gasteiger partial charge in [-0.25, -0.2) is 0 Å². The predicted molar refractivity (Wildman–Crippen MR) is 290 cm³/mol. The summed E-state index contributed by atoms with van der Waals surface area (Å²) in [6, 6.07) is 82.4. The Balaban J connectivity index is 0.00000247. The summed E-state index contributed by atoms with van der Waals surface area (Å²) in [4.78, 5) is 0. The van der Waals surface area contributed by atoms with Gasteiger partial charge in [-0.2, -0.15) is 0 Å². The summed E-state index contributed by atoms with van der Waals surface area (Å²) in [7, 11) is -3.59. The first kappa shape index (κ1) is 53.1. The second-order valence-electron chi connectivity index (χ2n) is 18.8. The molecule has 0 aromatic heterocycles. The zero-order valence-corrected chi connectivity index (χ0v) is 46.2. The number of allylic oxidation sites excluding steroid dienone is 4. The molecule has 0 bridgehead atoms. The van der Waals surface area contributed by atoms with Gasteiger partial charge in [-0.1, -0.05) is 0 Å². The van der Waals surface area contributed by atoms with Gasteiger partial charge in [0.05, 0.1) is 0 Å². The fraction of sp³-hybridized carbons (Fsp3) is 0.121. The fourth-order valence-electron chi connectivity index (χ4n) is 11.4. The molecule has 1 aliphatic carbocycles. The van der Waals surface area contributed by atoms with Crippen LogP contribution in [0.4, 0.5) is 0 Å². The van der Waals surface area contributed by atoms with Gasteiger partial charge in [-0.05, 0) is 0 Å². The van der Waals surface area contributed by atoms with E-state index in [1.807, 2.05) is 0 Å². The first-order valence-corrected chi connectivity index (χ1v) is 26.7. The standard InChI is InChI=1S/C66H57Si.3ClH.Ti/c1-44-38-63(60(54-32-20-11-21-33-54)41-57(44)51-26-14-8-15-27-51)67(66-49(6)47(4)48(5)50(66)7,64-39-45(2)58(52-28-16-9-17-29-52)42-61(64)55-34-22-12-23-35-55)65-40-46(3)59(53-30-18-10-19-31-53)43-62(65)56-36-24-13-25-37-56;;;;/h8-43H,1-7H3;3*1H;/q;;;;+3/p-3. The van der Waals surface area contributed by atoms with Crippen molar-refractivity contribution in [1.82, 2.24) is 0 Å². The molecule has 9 aromatic carbocycles. The second-order valence-corrected chi connectivity index (χ2v) is 24.7. The average molecular weight is 1030 g/mol. The van der Waals surface area contributed by atoms with E-state index >= 15 is 0 Å². The molecule has 0 aliphatic heterocycles. The molecule has 0 nitrogen and oxygen atoms in total. The Morgan fingerprint density at radius 2 is 0.479 bits per heavy atom. The minimum absolute atomic E-state index is 0.